The number of ether oxygens (including phenoxy) is 2. The topological polar surface area (TPSA) is 30.5 Å². The Morgan fingerprint density at radius 1 is 1.26 bits per heavy atom. The lowest BCUT2D eigenvalue weighted by Gasteiger charge is -2.14. The van der Waals surface area contributed by atoms with Crippen LogP contribution in [0.3, 0.4) is 0 Å². The van der Waals surface area contributed by atoms with Crippen LogP contribution < -0.4 is 9.46 Å². The highest BCUT2D eigenvalue weighted by Gasteiger charge is 2.07. The predicted molar refractivity (Wildman–Crippen MR) is 82.0 cm³/mol. The second-order valence-corrected chi connectivity index (χ2v) is 5.54. The molecule has 0 aliphatic rings. The maximum Gasteiger partial charge on any atom is 0.119 e. The van der Waals surface area contributed by atoms with E-state index in [-0.39, 0.29) is 0 Å². The normalized spacial score (nSPS) is 12.5. The number of rotatable bonds is 8. The van der Waals surface area contributed by atoms with E-state index in [1.165, 1.54) is 16.0 Å². The maximum atomic E-state index is 5.51. The first-order valence-electron chi connectivity index (χ1n) is 6.75. The summed E-state index contributed by atoms with van der Waals surface area (Å²) in [5, 5.41) is 0. The molecule has 19 heavy (non-hydrogen) atoms. The Hall–Kier alpha value is -0.710. The smallest absolute Gasteiger partial charge is 0.119 e. The second kappa shape index (κ2) is 8.46. The Morgan fingerprint density at radius 3 is 2.42 bits per heavy atom. The fourth-order valence-electron chi connectivity index (χ4n) is 1.94. The molecule has 4 heteroatoms. The summed E-state index contributed by atoms with van der Waals surface area (Å²) in [5.74, 6) is 0.921. The van der Waals surface area contributed by atoms with Gasteiger partial charge in [0.2, 0.25) is 0 Å². The number of hydrogen-bond acceptors (Lipinski definition) is 4. The largest absolute Gasteiger partial charge is 0.497 e. The van der Waals surface area contributed by atoms with Crippen molar-refractivity contribution in [2.45, 2.75) is 45.1 Å². The molecule has 1 rings (SSSR count). The van der Waals surface area contributed by atoms with Crippen molar-refractivity contribution in [1.29, 1.82) is 0 Å². The molecule has 0 saturated carbocycles. The quantitative estimate of drug-likeness (QED) is 0.582. The minimum absolute atomic E-state index is 0.316. The van der Waals surface area contributed by atoms with E-state index in [9.17, 15) is 0 Å². The molecule has 0 heterocycles. The highest BCUT2D eigenvalue weighted by Crippen LogP contribution is 2.28. The van der Waals surface area contributed by atoms with Gasteiger partial charge in [-0.3, -0.25) is 4.72 Å². The van der Waals surface area contributed by atoms with Crippen LogP contribution in [0.1, 0.15) is 31.4 Å². The van der Waals surface area contributed by atoms with E-state index in [1.807, 2.05) is 6.92 Å². The van der Waals surface area contributed by atoms with Crippen LogP contribution in [0, 0.1) is 13.8 Å². The van der Waals surface area contributed by atoms with Crippen LogP contribution in [-0.2, 0) is 4.74 Å². The molecule has 0 aliphatic heterocycles. The van der Waals surface area contributed by atoms with Gasteiger partial charge in [-0.25, -0.2) is 0 Å². The van der Waals surface area contributed by atoms with Gasteiger partial charge in [-0.15, -0.1) is 0 Å². The zero-order chi connectivity index (χ0) is 14.3. The predicted octanol–water partition coefficient (Wildman–Crippen LogP) is 3.72. The summed E-state index contributed by atoms with van der Waals surface area (Å²) >= 11 is 1.69. The van der Waals surface area contributed by atoms with Crippen molar-refractivity contribution in [3.8, 4) is 5.75 Å². The highest BCUT2D eigenvalue weighted by atomic mass is 32.2. The molecule has 0 spiro atoms. The maximum absolute atomic E-state index is 5.51. The van der Waals surface area contributed by atoms with Crippen LogP contribution in [0.25, 0.3) is 0 Å². The number of benzene rings is 1. The van der Waals surface area contributed by atoms with Crippen LogP contribution in [0.5, 0.6) is 5.75 Å². The highest BCUT2D eigenvalue weighted by molar-refractivity contribution is 7.97. The number of aryl methyl sites for hydroxylation is 2. The molecule has 0 saturated heterocycles. The average Bonchev–Trinajstić information content (AvgIpc) is 2.37. The van der Waals surface area contributed by atoms with Crippen molar-refractivity contribution < 1.29 is 9.47 Å². The van der Waals surface area contributed by atoms with E-state index in [0.717, 1.165) is 25.3 Å². The summed E-state index contributed by atoms with van der Waals surface area (Å²) in [6.07, 6.45) is 1.34. The molecule has 0 aliphatic carbocycles. The van der Waals surface area contributed by atoms with Crippen molar-refractivity contribution in [3.05, 3.63) is 23.3 Å². The van der Waals surface area contributed by atoms with Crippen LogP contribution in [-0.4, -0.2) is 26.4 Å². The van der Waals surface area contributed by atoms with Crippen LogP contribution in [0.4, 0.5) is 0 Å². The molecule has 1 N–H and O–H groups in total. The fourth-order valence-corrected chi connectivity index (χ4v) is 2.75. The number of hydrogen-bond donors (Lipinski definition) is 1. The first kappa shape index (κ1) is 16.3. The molecular formula is C15H25NO2S. The Morgan fingerprint density at radius 2 is 1.89 bits per heavy atom. The van der Waals surface area contributed by atoms with E-state index >= 15 is 0 Å². The van der Waals surface area contributed by atoms with E-state index in [2.05, 4.69) is 37.6 Å². The first-order chi connectivity index (χ1) is 9.08. The summed E-state index contributed by atoms with van der Waals surface area (Å²) in [7, 11) is 1.70. The SMILES string of the molecule is CCOC(C)CCNSc1c(C)cc(OC)cc1C. The molecule has 1 unspecified atom stereocenters. The van der Waals surface area contributed by atoms with Gasteiger partial charge < -0.3 is 9.47 Å². The minimum atomic E-state index is 0.316. The Balaban J connectivity index is 2.45. The lowest BCUT2D eigenvalue weighted by atomic mass is 10.1. The third-order valence-corrected chi connectivity index (χ3v) is 4.14. The van der Waals surface area contributed by atoms with Gasteiger partial charge >= 0.3 is 0 Å². The van der Waals surface area contributed by atoms with Crippen molar-refractivity contribution >= 4 is 11.9 Å². The first-order valence-corrected chi connectivity index (χ1v) is 7.56. The van der Waals surface area contributed by atoms with Gasteiger partial charge in [0.15, 0.2) is 0 Å². The lowest BCUT2D eigenvalue weighted by Crippen LogP contribution is -2.16. The van der Waals surface area contributed by atoms with Gasteiger partial charge in [0.25, 0.3) is 0 Å². The summed E-state index contributed by atoms with van der Waals surface area (Å²) < 4.78 is 14.2. The molecule has 3 nitrogen and oxygen atoms in total. The van der Waals surface area contributed by atoms with Gasteiger partial charge in [0.1, 0.15) is 5.75 Å². The fraction of sp³-hybridized carbons (Fsp3) is 0.600. The van der Waals surface area contributed by atoms with Crippen LogP contribution in [0.15, 0.2) is 17.0 Å². The zero-order valence-electron chi connectivity index (χ0n) is 12.6. The lowest BCUT2D eigenvalue weighted by molar-refractivity contribution is 0.0716. The van der Waals surface area contributed by atoms with Crippen LogP contribution >= 0.6 is 11.9 Å². The molecule has 1 atom stereocenters. The van der Waals surface area contributed by atoms with Gasteiger partial charge in [-0.1, -0.05) is 0 Å². The minimum Gasteiger partial charge on any atom is -0.497 e. The third-order valence-electron chi connectivity index (χ3n) is 2.95. The Labute approximate surface area is 121 Å². The molecule has 0 fully saturated rings. The van der Waals surface area contributed by atoms with Crippen LogP contribution in [0.2, 0.25) is 0 Å². The Kier molecular flexibility index (Phi) is 7.28. The standard InChI is InChI=1S/C15H25NO2S/c1-6-18-13(4)7-8-16-19-15-11(2)9-14(17-5)10-12(15)3/h9-10,13,16H,6-8H2,1-5H3. The summed E-state index contributed by atoms with van der Waals surface area (Å²) in [4.78, 5) is 1.28. The molecule has 0 amide bonds. The molecule has 108 valence electrons. The van der Waals surface area contributed by atoms with Gasteiger partial charge in [-0.05, 0) is 69.3 Å². The summed E-state index contributed by atoms with van der Waals surface area (Å²) in [6, 6.07) is 4.14. The average molecular weight is 283 g/mol. The molecular weight excluding hydrogens is 258 g/mol. The Bertz CT molecular complexity index is 373. The van der Waals surface area contributed by atoms with E-state index in [4.69, 9.17) is 9.47 Å². The van der Waals surface area contributed by atoms with Crippen molar-refractivity contribution in [2.24, 2.45) is 0 Å². The third kappa shape index (κ3) is 5.43. The van der Waals surface area contributed by atoms with Crippen molar-refractivity contribution in [3.63, 3.8) is 0 Å². The molecule has 1 aromatic carbocycles. The monoisotopic (exact) mass is 283 g/mol. The van der Waals surface area contributed by atoms with E-state index in [1.54, 1.807) is 19.1 Å². The van der Waals surface area contributed by atoms with Gasteiger partial charge in [0, 0.05) is 18.0 Å². The number of methoxy groups -OCH3 is 1. The van der Waals surface area contributed by atoms with Gasteiger partial charge in [0.05, 0.1) is 13.2 Å². The summed E-state index contributed by atoms with van der Waals surface area (Å²) in [5.41, 5.74) is 2.49. The van der Waals surface area contributed by atoms with Gasteiger partial charge in [-0.2, -0.15) is 0 Å². The summed E-state index contributed by atoms with van der Waals surface area (Å²) in [6.45, 7) is 10.1. The van der Waals surface area contributed by atoms with Crippen molar-refractivity contribution in [2.75, 3.05) is 20.3 Å². The van der Waals surface area contributed by atoms with E-state index in [0.29, 0.717) is 6.10 Å². The molecule has 0 bridgehead atoms. The molecule has 0 radical (unpaired) electrons. The molecule has 1 aromatic rings. The second-order valence-electron chi connectivity index (χ2n) is 4.64. The van der Waals surface area contributed by atoms with E-state index < -0.39 is 0 Å². The molecule has 0 aromatic heterocycles. The zero-order valence-corrected chi connectivity index (χ0v) is 13.4. The number of nitrogens with one attached hydrogen (secondary N) is 1. The van der Waals surface area contributed by atoms with Crippen molar-refractivity contribution in [1.82, 2.24) is 4.72 Å².